The Morgan fingerprint density at radius 2 is 1.86 bits per heavy atom. The van der Waals surface area contributed by atoms with Crippen molar-refractivity contribution in [1.82, 2.24) is 14.9 Å². The van der Waals surface area contributed by atoms with Crippen molar-refractivity contribution in [2.45, 2.75) is 25.7 Å². The Morgan fingerprint density at radius 1 is 1.24 bits per heavy atom. The maximum absolute atomic E-state index is 12.2. The van der Waals surface area contributed by atoms with E-state index >= 15 is 0 Å². The molecule has 1 amide bonds. The van der Waals surface area contributed by atoms with E-state index in [1.807, 2.05) is 4.90 Å². The molecule has 0 atom stereocenters. The van der Waals surface area contributed by atoms with Crippen LogP contribution >= 0.6 is 5.05 Å². The summed E-state index contributed by atoms with van der Waals surface area (Å²) in [5, 5.41) is 2.17. The number of nitrogens with one attached hydrogen (secondary N) is 1. The Morgan fingerprint density at radius 3 is 2.38 bits per heavy atom. The Kier molecular flexibility index (Phi) is 8.23. The molecular formula is C14H29N4OPW. The first-order valence-electron chi connectivity index (χ1n) is 7.57. The topological polar surface area (TPSA) is 61.6 Å². The second-order valence-corrected chi connectivity index (χ2v) is 18.7. The molecule has 21 heavy (non-hydrogen) atoms. The Balaban J connectivity index is 2.14. The number of carbonyl (C=O) groups excluding carboxylic acids is 1. The van der Waals surface area contributed by atoms with Crippen molar-refractivity contribution in [3.63, 3.8) is 0 Å². The summed E-state index contributed by atoms with van der Waals surface area (Å²) >= 11 is 1.70. The van der Waals surface area contributed by atoms with Gasteiger partial charge in [-0.05, 0) is 0 Å². The van der Waals surface area contributed by atoms with Crippen molar-refractivity contribution in [2.75, 3.05) is 46.1 Å². The van der Waals surface area contributed by atoms with Crippen LogP contribution in [0.2, 0.25) is 0 Å². The van der Waals surface area contributed by atoms with Crippen LogP contribution in [0.3, 0.4) is 0 Å². The fourth-order valence-corrected chi connectivity index (χ4v) is 5.31. The van der Waals surface area contributed by atoms with Gasteiger partial charge in [0, 0.05) is 0 Å². The number of piperazine rings is 1. The van der Waals surface area contributed by atoms with E-state index < -0.39 is 5.05 Å². The number of amides is 1. The maximum atomic E-state index is 12.2. The van der Waals surface area contributed by atoms with Crippen LogP contribution < -0.4 is 11.1 Å². The molecule has 0 saturated carbocycles. The molecule has 0 radical (unpaired) electrons. The Bertz CT molecular complexity index is 402. The third kappa shape index (κ3) is 7.63. The zero-order valence-corrected chi connectivity index (χ0v) is 17.1. The van der Waals surface area contributed by atoms with Crippen molar-refractivity contribution in [3.8, 4) is 0 Å². The van der Waals surface area contributed by atoms with Gasteiger partial charge in [-0.2, -0.15) is 0 Å². The van der Waals surface area contributed by atoms with E-state index in [2.05, 4.69) is 29.9 Å². The molecule has 1 aliphatic heterocycles. The van der Waals surface area contributed by atoms with Gasteiger partial charge in [0.2, 0.25) is 0 Å². The Hall–Kier alpha value is -0.112. The molecule has 122 valence electrons. The summed E-state index contributed by atoms with van der Waals surface area (Å²) < 4.78 is 2.59. The van der Waals surface area contributed by atoms with E-state index in [0.717, 1.165) is 52.0 Å². The van der Waals surface area contributed by atoms with Crippen molar-refractivity contribution < 1.29 is 23.6 Å². The summed E-state index contributed by atoms with van der Waals surface area (Å²) in [6.07, 6.45) is 3.74. The van der Waals surface area contributed by atoms with Crippen LogP contribution in [0.25, 0.3) is 0 Å². The van der Waals surface area contributed by atoms with Crippen LogP contribution in [0.5, 0.6) is 0 Å². The third-order valence-corrected chi connectivity index (χ3v) is 7.96. The standard InChI is InChI=1S/C14H29N4OP.W/c1-13(15)16-8-6-4-5-7-14(19)17-9-11-18(12-10-17)20(2)3;/h16H,1,4-12,15H2,2-3H3;. The molecule has 1 fully saturated rings. The molecule has 1 saturated heterocycles. The molecule has 5 nitrogen and oxygen atoms in total. The van der Waals surface area contributed by atoms with Crippen molar-refractivity contribution in [3.05, 3.63) is 12.4 Å². The van der Waals surface area contributed by atoms with Crippen LogP contribution in [-0.4, -0.2) is 61.5 Å². The van der Waals surface area contributed by atoms with Crippen LogP contribution in [0.15, 0.2) is 12.4 Å². The normalized spacial score (nSPS) is 16.8. The summed E-state index contributed by atoms with van der Waals surface area (Å²) in [4.78, 5) is 14.2. The zero-order chi connectivity index (χ0) is 15.9. The number of nitrogens with zero attached hydrogens (tertiary/aromatic N) is 2. The molecule has 0 bridgehead atoms. The number of carbonyl (C=O) groups is 1. The second kappa shape index (κ2) is 9.12. The minimum absolute atomic E-state index is 0.324. The van der Waals surface area contributed by atoms with Crippen LogP contribution in [0.4, 0.5) is 0 Å². The monoisotopic (exact) mass is 484 g/mol. The fraction of sp³-hybridized carbons (Fsp3) is 0.786. The van der Waals surface area contributed by atoms with Crippen molar-refractivity contribution in [1.29, 1.82) is 0 Å². The second-order valence-electron chi connectivity index (χ2n) is 5.89. The molecule has 1 aliphatic rings. The number of hydrogen-bond donors (Lipinski definition) is 2. The predicted molar refractivity (Wildman–Crippen MR) is 86.7 cm³/mol. The third-order valence-electron chi connectivity index (χ3n) is 3.71. The summed E-state index contributed by atoms with van der Waals surface area (Å²) in [6.45, 7) is 13.1. The molecule has 0 unspecified atom stereocenters. The van der Waals surface area contributed by atoms with Crippen LogP contribution in [0, 0.1) is 0 Å². The van der Waals surface area contributed by atoms with Crippen molar-refractivity contribution >= 4 is 11.0 Å². The number of hydrogen-bond acceptors (Lipinski definition) is 4. The molecule has 7 heteroatoms. The summed E-state index contributed by atoms with van der Waals surface area (Å²) in [5.41, 5.74) is 5.43. The first-order valence-corrected chi connectivity index (χ1v) is 14.1. The van der Waals surface area contributed by atoms with E-state index in [4.69, 9.17) is 5.73 Å². The van der Waals surface area contributed by atoms with Gasteiger partial charge in [-0.25, -0.2) is 0 Å². The summed E-state index contributed by atoms with van der Waals surface area (Å²) in [7, 11) is 0. The molecule has 0 aromatic carbocycles. The first kappa shape index (κ1) is 18.9. The predicted octanol–water partition coefficient (Wildman–Crippen LogP) is 1.36. The number of unbranched alkanes of at least 4 members (excludes halogenated alkanes) is 2. The van der Waals surface area contributed by atoms with Gasteiger partial charge in [-0.1, -0.05) is 6.58 Å². The van der Waals surface area contributed by atoms with Gasteiger partial charge < -0.3 is 5.73 Å². The molecule has 0 aliphatic carbocycles. The van der Waals surface area contributed by atoms with Crippen LogP contribution in [0.1, 0.15) is 25.7 Å². The molecular weight excluding hydrogens is 455 g/mol. The fourth-order valence-electron chi connectivity index (χ4n) is 2.41. The number of nitrogens with two attached hydrogens (primary N) is 1. The molecule has 0 aromatic rings. The van der Waals surface area contributed by atoms with E-state index in [1.165, 1.54) is 0 Å². The van der Waals surface area contributed by atoms with Gasteiger partial charge in [0.15, 0.2) is 0 Å². The molecule has 3 N–H and O–H groups in total. The number of rotatable bonds is 8. The average molecular weight is 484 g/mol. The van der Waals surface area contributed by atoms with Gasteiger partial charge >= 0.3 is 121 Å². The summed E-state index contributed by atoms with van der Waals surface area (Å²) in [6, 6.07) is 0. The van der Waals surface area contributed by atoms with Gasteiger partial charge in [0.25, 0.3) is 0 Å². The molecule has 1 rings (SSSR count). The van der Waals surface area contributed by atoms with E-state index in [-0.39, 0.29) is 0 Å². The van der Waals surface area contributed by atoms with Gasteiger partial charge in [-0.15, -0.1) is 0 Å². The summed E-state index contributed by atoms with van der Waals surface area (Å²) in [5.74, 6) is 0.845. The van der Waals surface area contributed by atoms with Crippen LogP contribution in [-0.2, 0) is 23.6 Å². The minimum atomic E-state index is -0.835. The molecule has 0 spiro atoms. The van der Waals surface area contributed by atoms with Crippen molar-refractivity contribution in [2.24, 2.45) is 5.73 Å². The molecule has 1 heterocycles. The van der Waals surface area contributed by atoms with E-state index in [9.17, 15) is 4.79 Å². The van der Waals surface area contributed by atoms with E-state index in [0.29, 0.717) is 18.1 Å². The average Bonchev–Trinajstić information content (AvgIpc) is 2.41. The SMILES string of the molecule is C=C(N)NCCCCCC(=O)N1CCN([P](C)(C)=[W])CC1. The first-order chi connectivity index (χ1) is 9.80. The van der Waals surface area contributed by atoms with Gasteiger partial charge in [-0.3, -0.25) is 0 Å². The van der Waals surface area contributed by atoms with E-state index in [1.54, 1.807) is 18.8 Å². The Labute approximate surface area is 139 Å². The van der Waals surface area contributed by atoms with Gasteiger partial charge in [0.05, 0.1) is 5.82 Å². The zero-order valence-electron chi connectivity index (χ0n) is 13.3. The quantitative estimate of drug-likeness (QED) is 0.404. The molecule has 0 aromatic heterocycles. The van der Waals surface area contributed by atoms with Gasteiger partial charge in [0.1, 0.15) is 0 Å².